The fourth-order valence-electron chi connectivity index (χ4n) is 3.58. The van der Waals surface area contributed by atoms with Crippen LogP contribution in [0, 0.1) is 0 Å². The normalized spacial score (nSPS) is 22.8. The highest BCUT2D eigenvalue weighted by atomic mass is 35.5. The lowest BCUT2D eigenvalue weighted by Gasteiger charge is -2.44. The van der Waals surface area contributed by atoms with Crippen LogP contribution in [0.5, 0.6) is 0 Å². The minimum absolute atomic E-state index is 0. The molecule has 0 aliphatic carbocycles. The second kappa shape index (κ2) is 13.8. The zero-order valence-corrected chi connectivity index (χ0v) is 23.0. The predicted octanol–water partition coefficient (Wildman–Crippen LogP) is 6.88. The molecular weight excluding hydrogens is 540 g/mol. The van der Waals surface area contributed by atoms with Gasteiger partial charge in [0.25, 0.3) is 0 Å². The van der Waals surface area contributed by atoms with Gasteiger partial charge in [-0.2, -0.15) is 0 Å². The molecule has 4 nitrogen and oxygen atoms in total. The summed E-state index contributed by atoms with van der Waals surface area (Å²) in [5, 5.41) is 4.42. The van der Waals surface area contributed by atoms with Crippen LogP contribution in [0.15, 0.2) is 48.5 Å². The molecule has 2 aromatic rings. The Morgan fingerprint density at radius 1 is 0.943 bits per heavy atom. The lowest BCUT2D eigenvalue weighted by molar-refractivity contribution is -0.0398. The summed E-state index contributed by atoms with van der Waals surface area (Å²) in [5.74, 6) is 0. The highest BCUT2D eigenvalue weighted by Crippen LogP contribution is 2.27. The van der Waals surface area contributed by atoms with Crippen molar-refractivity contribution in [3.8, 4) is 0 Å². The number of ether oxygens (including phenoxy) is 1. The number of amides is 1. The molecule has 0 bridgehead atoms. The van der Waals surface area contributed by atoms with Gasteiger partial charge in [-0.05, 0) is 69.0 Å². The van der Waals surface area contributed by atoms with Crippen molar-refractivity contribution in [1.82, 2.24) is 10.2 Å². The number of carbonyl (C=O) groups is 1. The van der Waals surface area contributed by atoms with Gasteiger partial charge in [0.1, 0.15) is 17.9 Å². The number of hydrogen-bond acceptors (Lipinski definition) is 3. The first kappa shape index (κ1) is 31.7. The number of nitrogens with one attached hydrogen (secondary N) is 1. The number of alkyl halides is 2. The van der Waals surface area contributed by atoms with E-state index in [0.29, 0.717) is 18.0 Å². The molecule has 2 heterocycles. The average Bonchev–Trinajstić information content (AvgIpc) is 2.74. The zero-order chi connectivity index (χ0) is 24.2. The van der Waals surface area contributed by atoms with E-state index in [4.69, 9.17) is 27.9 Å². The summed E-state index contributed by atoms with van der Waals surface area (Å²) in [7, 11) is 0. The van der Waals surface area contributed by atoms with Crippen molar-refractivity contribution in [2.24, 2.45) is 0 Å². The molecule has 10 heteroatoms. The quantitative estimate of drug-likeness (QED) is 0.435. The SMILES string of the molecule is CC(C)(C)OC(=O)N1C[C@@H](F)C1Cc1ccc(Cl)cc1.Cl.Cl.F[C@@H]1CNC1Cc1ccc(Cl)cc1. The van der Waals surface area contributed by atoms with E-state index in [1.807, 2.05) is 36.4 Å². The van der Waals surface area contributed by atoms with Crippen LogP contribution in [0.25, 0.3) is 0 Å². The first-order valence-corrected chi connectivity index (χ1v) is 11.8. The van der Waals surface area contributed by atoms with Crippen LogP contribution in [-0.4, -0.2) is 54.1 Å². The largest absolute Gasteiger partial charge is 0.444 e. The smallest absolute Gasteiger partial charge is 0.410 e. The highest BCUT2D eigenvalue weighted by molar-refractivity contribution is 6.30. The molecule has 0 aromatic heterocycles. The summed E-state index contributed by atoms with van der Waals surface area (Å²) in [6.45, 7) is 5.99. The minimum Gasteiger partial charge on any atom is -0.444 e. The lowest BCUT2D eigenvalue weighted by atomic mass is 9.94. The average molecular weight is 572 g/mol. The van der Waals surface area contributed by atoms with Crippen molar-refractivity contribution >= 4 is 54.1 Å². The van der Waals surface area contributed by atoms with Gasteiger partial charge < -0.3 is 10.1 Å². The van der Waals surface area contributed by atoms with E-state index in [1.165, 1.54) is 4.90 Å². The molecule has 2 fully saturated rings. The Balaban J connectivity index is 0.000000356. The van der Waals surface area contributed by atoms with Crippen molar-refractivity contribution in [3.63, 3.8) is 0 Å². The Morgan fingerprint density at radius 2 is 1.43 bits per heavy atom. The molecule has 2 aromatic carbocycles. The van der Waals surface area contributed by atoms with Gasteiger partial charge in [0.05, 0.1) is 12.6 Å². The Labute approximate surface area is 228 Å². The van der Waals surface area contributed by atoms with E-state index in [-0.39, 0.29) is 37.4 Å². The maximum Gasteiger partial charge on any atom is 0.410 e. The zero-order valence-electron chi connectivity index (χ0n) is 19.8. The van der Waals surface area contributed by atoms with Crippen LogP contribution in [-0.2, 0) is 17.6 Å². The van der Waals surface area contributed by atoms with E-state index in [2.05, 4.69) is 5.32 Å². The predicted molar refractivity (Wildman–Crippen MR) is 143 cm³/mol. The molecule has 0 radical (unpaired) electrons. The van der Waals surface area contributed by atoms with Crippen LogP contribution in [0.2, 0.25) is 10.0 Å². The minimum atomic E-state index is -1.00. The van der Waals surface area contributed by atoms with E-state index in [9.17, 15) is 13.6 Å². The number of rotatable bonds is 4. The monoisotopic (exact) mass is 570 g/mol. The van der Waals surface area contributed by atoms with Gasteiger partial charge in [0.15, 0.2) is 0 Å². The highest BCUT2D eigenvalue weighted by Gasteiger charge is 2.44. The van der Waals surface area contributed by atoms with Crippen molar-refractivity contribution in [3.05, 3.63) is 69.7 Å². The molecule has 1 N–H and O–H groups in total. The van der Waals surface area contributed by atoms with E-state index >= 15 is 0 Å². The molecule has 0 saturated carbocycles. The van der Waals surface area contributed by atoms with Crippen LogP contribution >= 0.6 is 48.0 Å². The third kappa shape index (κ3) is 9.58. The second-order valence-electron chi connectivity index (χ2n) is 9.41. The van der Waals surface area contributed by atoms with Gasteiger partial charge in [-0.15, -0.1) is 24.8 Å². The summed E-state index contributed by atoms with van der Waals surface area (Å²) in [6.07, 6.45) is -0.921. The van der Waals surface area contributed by atoms with Crippen LogP contribution in [0.4, 0.5) is 13.6 Å². The van der Waals surface area contributed by atoms with Gasteiger partial charge in [-0.3, -0.25) is 4.90 Å². The molecule has 35 heavy (non-hydrogen) atoms. The Kier molecular flexibility index (Phi) is 12.5. The third-order valence-corrected chi connectivity index (χ3v) is 6.06. The van der Waals surface area contributed by atoms with Gasteiger partial charge in [-0.1, -0.05) is 47.5 Å². The number of hydrogen-bond donors (Lipinski definition) is 1. The van der Waals surface area contributed by atoms with Crippen LogP contribution in [0.1, 0.15) is 31.9 Å². The Bertz CT molecular complexity index is 927. The second-order valence-corrected chi connectivity index (χ2v) is 10.3. The van der Waals surface area contributed by atoms with Crippen LogP contribution < -0.4 is 5.32 Å². The van der Waals surface area contributed by atoms with Gasteiger partial charge in [0, 0.05) is 22.6 Å². The summed E-state index contributed by atoms with van der Waals surface area (Å²) < 4.78 is 31.8. The molecule has 2 unspecified atom stereocenters. The molecule has 1 amide bonds. The topological polar surface area (TPSA) is 41.6 Å². The van der Waals surface area contributed by atoms with E-state index < -0.39 is 30.1 Å². The summed E-state index contributed by atoms with van der Waals surface area (Å²) in [5.41, 5.74) is 1.52. The summed E-state index contributed by atoms with van der Waals surface area (Å²) >= 11 is 11.6. The van der Waals surface area contributed by atoms with Crippen molar-refractivity contribution in [2.75, 3.05) is 13.1 Å². The number of halogens is 6. The van der Waals surface area contributed by atoms with Crippen molar-refractivity contribution < 1.29 is 18.3 Å². The molecule has 2 aliphatic rings. The van der Waals surface area contributed by atoms with E-state index in [1.54, 1.807) is 32.9 Å². The van der Waals surface area contributed by atoms with Gasteiger partial charge in [0.2, 0.25) is 0 Å². The third-order valence-electron chi connectivity index (χ3n) is 5.56. The fraction of sp³-hybridized carbons (Fsp3) is 0.480. The van der Waals surface area contributed by atoms with Crippen molar-refractivity contribution in [2.45, 2.75) is 63.6 Å². The Morgan fingerprint density at radius 3 is 1.80 bits per heavy atom. The van der Waals surface area contributed by atoms with Crippen molar-refractivity contribution in [1.29, 1.82) is 0 Å². The molecule has 196 valence electrons. The maximum absolute atomic E-state index is 13.7. The molecule has 2 aliphatic heterocycles. The number of carbonyl (C=O) groups excluding carboxylic acids is 1. The van der Waals surface area contributed by atoms with Crippen LogP contribution in [0.3, 0.4) is 0 Å². The number of benzene rings is 2. The van der Waals surface area contributed by atoms with Gasteiger partial charge in [-0.25, -0.2) is 13.6 Å². The molecule has 4 rings (SSSR count). The molecule has 0 spiro atoms. The van der Waals surface area contributed by atoms with E-state index in [0.717, 1.165) is 22.6 Å². The van der Waals surface area contributed by atoms with Gasteiger partial charge >= 0.3 is 6.09 Å². The summed E-state index contributed by atoms with van der Waals surface area (Å²) in [6, 6.07) is 14.3. The fourth-order valence-corrected chi connectivity index (χ4v) is 3.83. The number of likely N-dealkylation sites (tertiary alicyclic amines) is 1. The maximum atomic E-state index is 13.7. The number of nitrogens with zero attached hydrogens (tertiary/aromatic N) is 1. The first-order chi connectivity index (χ1) is 15.5. The molecule has 4 atom stereocenters. The summed E-state index contributed by atoms with van der Waals surface area (Å²) in [4.78, 5) is 13.4. The standard InChI is InChI=1S/C15H19ClFNO2.C10H11ClFN.2ClH/c1-15(2,3)20-14(19)18-9-12(17)13(18)8-10-4-6-11(16)7-5-10;11-8-3-1-7(2-4-8)5-10-9(12)6-13-10;;/h4-7,12-13H,8-9H2,1-3H3;1-4,9-10,13H,5-6H2;2*1H/t12-,13?;9-,10?;;/m11../s1. The molecule has 2 saturated heterocycles. The Hall–Kier alpha value is -1.31. The first-order valence-electron chi connectivity index (χ1n) is 11.0. The molecular formula is C25H32Cl4F2N2O2. The lowest BCUT2D eigenvalue weighted by Crippen LogP contribution is -2.62.